The summed E-state index contributed by atoms with van der Waals surface area (Å²) in [6.07, 6.45) is 0. The van der Waals surface area contributed by atoms with Crippen LogP contribution in [0.5, 0.6) is 0 Å². The van der Waals surface area contributed by atoms with E-state index >= 15 is 0 Å². The van der Waals surface area contributed by atoms with Crippen molar-refractivity contribution in [3.63, 3.8) is 0 Å². The number of anilines is 2. The highest BCUT2D eigenvalue weighted by atomic mass is 35.5. The second-order valence-electron chi connectivity index (χ2n) is 4.74. The van der Waals surface area contributed by atoms with Crippen molar-refractivity contribution in [2.45, 2.75) is 6.92 Å². The number of nitrogens with one attached hydrogen (secondary N) is 2. The molecular weight excluding hydrogens is 341 g/mol. The van der Waals surface area contributed by atoms with Gasteiger partial charge in [-0.05, 0) is 54.4 Å². The van der Waals surface area contributed by atoms with E-state index in [2.05, 4.69) is 15.0 Å². The minimum atomic E-state index is -0.383. The number of amides is 2. The fourth-order valence-electron chi connectivity index (χ4n) is 1.98. The third kappa shape index (κ3) is 3.16. The number of urea groups is 1. The Kier molecular flexibility index (Phi) is 4.20. The van der Waals surface area contributed by atoms with Gasteiger partial charge in [-0.3, -0.25) is 5.32 Å². The molecule has 22 heavy (non-hydrogen) atoms. The summed E-state index contributed by atoms with van der Waals surface area (Å²) >= 11 is 13.1. The largest absolute Gasteiger partial charge is 0.324 e. The zero-order valence-electron chi connectivity index (χ0n) is 11.5. The van der Waals surface area contributed by atoms with Crippen molar-refractivity contribution in [2.75, 3.05) is 10.6 Å². The maximum Gasteiger partial charge on any atom is 0.324 e. The van der Waals surface area contributed by atoms with Crippen molar-refractivity contribution in [1.82, 2.24) is 4.37 Å². The molecule has 0 saturated carbocycles. The number of fused-ring (bicyclic) bond motifs is 1. The summed E-state index contributed by atoms with van der Waals surface area (Å²) in [5, 5.41) is 7.17. The molecule has 2 amide bonds. The topological polar surface area (TPSA) is 54.0 Å². The number of halogens is 2. The first-order chi connectivity index (χ1) is 10.5. The van der Waals surface area contributed by atoms with Crippen molar-refractivity contribution in [1.29, 1.82) is 0 Å². The highest BCUT2D eigenvalue weighted by Gasteiger charge is 2.10. The van der Waals surface area contributed by atoms with E-state index in [0.29, 0.717) is 21.6 Å². The zero-order chi connectivity index (χ0) is 15.7. The van der Waals surface area contributed by atoms with Gasteiger partial charge in [-0.1, -0.05) is 29.3 Å². The number of benzene rings is 2. The predicted octanol–water partition coefficient (Wildman–Crippen LogP) is 5.56. The third-order valence-corrected chi connectivity index (χ3v) is 4.58. The highest BCUT2D eigenvalue weighted by Crippen LogP contribution is 2.28. The van der Waals surface area contributed by atoms with Gasteiger partial charge >= 0.3 is 6.03 Å². The van der Waals surface area contributed by atoms with Gasteiger partial charge in [-0.25, -0.2) is 4.79 Å². The number of aromatic nitrogens is 1. The Morgan fingerprint density at radius 1 is 1.09 bits per heavy atom. The van der Waals surface area contributed by atoms with E-state index in [1.54, 1.807) is 18.2 Å². The molecule has 1 heterocycles. The highest BCUT2D eigenvalue weighted by molar-refractivity contribution is 7.13. The molecule has 0 radical (unpaired) electrons. The lowest BCUT2D eigenvalue weighted by Crippen LogP contribution is -2.19. The first-order valence-corrected chi connectivity index (χ1v) is 7.95. The van der Waals surface area contributed by atoms with Crippen LogP contribution in [0.3, 0.4) is 0 Å². The molecule has 1 aromatic heterocycles. The van der Waals surface area contributed by atoms with Gasteiger partial charge < -0.3 is 5.32 Å². The molecule has 0 atom stereocenters. The van der Waals surface area contributed by atoms with Crippen molar-refractivity contribution in [3.8, 4) is 0 Å². The van der Waals surface area contributed by atoms with Crippen LogP contribution >= 0.6 is 34.7 Å². The molecule has 2 N–H and O–H groups in total. The average Bonchev–Trinajstić information content (AvgIpc) is 2.85. The van der Waals surface area contributed by atoms with Crippen LogP contribution in [0.15, 0.2) is 36.4 Å². The Morgan fingerprint density at radius 3 is 2.68 bits per heavy atom. The van der Waals surface area contributed by atoms with E-state index in [-0.39, 0.29) is 6.03 Å². The summed E-state index contributed by atoms with van der Waals surface area (Å²) in [5.41, 5.74) is 1.71. The van der Waals surface area contributed by atoms with Gasteiger partial charge in [0.2, 0.25) is 0 Å². The van der Waals surface area contributed by atoms with E-state index in [9.17, 15) is 4.79 Å². The minimum Gasteiger partial charge on any atom is -0.308 e. The fraction of sp³-hybridized carbons (Fsp3) is 0.0667. The maximum atomic E-state index is 12.1. The molecule has 0 bridgehead atoms. The molecule has 4 nitrogen and oxygen atoms in total. The van der Waals surface area contributed by atoms with Gasteiger partial charge in [-0.2, -0.15) is 4.37 Å². The molecule has 0 aliphatic carbocycles. The van der Waals surface area contributed by atoms with Crippen LogP contribution in [0.4, 0.5) is 16.3 Å². The Morgan fingerprint density at radius 2 is 1.91 bits per heavy atom. The van der Waals surface area contributed by atoms with E-state index in [0.717, 1.165) is 15.6 Å². The SMILES string of the molecule is Cc1ccc2c(NC(=O)Nc3ccc(Cl)c(Cl)c3)nsc2c1. The van der Waals surface area contributed by atoms with Crippen LogP contribution in [-0.2, 0) is 0 Å². The van der Waals surface area contributed by atoms with Crippen LogP contribution in [-0.4, -0.2) is 10.4 Å². The summed E-state index contributed by atoms with van der Waals surface area (Å²) in [6.45, 7) is 2.02. The third-order valence-electron chi connectivity index (χ3n) is 3.04. The minimum absolute atomic E-state index is 0.383. The predicted molar refractivity (Wildman–Crippen MR) is 93.5 cm³/mol. The number of hydrogen-bond donors (Lipinski definition) is 2. The van der Waals surface area contributed by atoms with Gasteiger partial charge in [0.05, 0.1) is 14.7 Å². The average molecular weight is 352 g/mol. The molecule has 0 aliphatic rings. The lowest BCUT2D eigenvalue weighted by molar-refractivity contribution is 0.262. The Labute approximate surface area is 141 Å². The molecule has 2 aromatic carbocycles. The smallest absolute Gasteiger partial charge is 0.308 e. The fourth-order valence-corrected chi connectivity index (χ4v) is 3.11. The normalized spacial score (nSPS) is 10.7. The second-order valence-corrected chi connectivity index (χ2v) is 6.36. The summed E-state index contributed by atoms with van der Waals surface area (Å²) < 4.78 is 5.30. The first kappa shape index (κ1) is 15.1. The Balaban J connectivity index is 1.76. The van der Waals surface area contributed by atoms with Crippen LogP contribution in [0.1, 0.15) is 5.56 Å². The molecule has 0 unspecified atom stereocenters. The molecule has 0 fully saturated rings. The van der Waals surface area contributed by atoms with Crippen LogP contribution in [0, 0.1) is 6.92 Å². The van der Waals surface area contributed by atoms with Gasteiger partial charge in [-0.15, -0.1) is 0 Å². The van der Waals surface area contributed by atoms with Crippen molar-refractivity contribution in [3.05, 3.63) is 52.0 Å². The van der Waals surface area contributed by atoms with Gasteiger partial charge in [0.1, 0.15) is 0 Å². The van der Waals surface area contributed by atoms with E-state index < -0.39 is 0 Å². The summed E-state index contributed by atoms with van der Waals surface area (Å²) in [6, 6.07) is 10.5. The van der Waals surface area contributed by atoms with Crippen LogP contribution < -0.4 is 10.6 Å². The van der Waals surface area contributed by atoms with Crippen molar-refractivity contribution >= 4 is 62.4 Å². The molecule has 3 aromatic rings. The second kappa shape index (κ2) is 6.12. The van der Waals surface area contributed by atoms with E-state index in [1.165, 1.54) is 11.5 Å². The molecule has 112 valence electrons. The number of rotatable bonds is 2. The number of nitrogens with zero attached hydrogens (tertiary/aromatic N) is 1. The monoisotopic (exact) mass is 351 g/mol. The maximum absolute atomic E-state index is 12.1. The van der Waals surface area contributed by atoms with Crippen molar-refractivity contribution < 1.29 is 4.79 Å². The van der Waals surface area contributed by atoms with Gasteiger partial charge in [0, 0.05) is 11.1 Å². The van der Waals surface area contributed by atoms with Crippen LogP contribution in [0.25, 0.3) is 10.1 Å². The Hall–Kier alpha value is -1.82. The first-order valence-electron chi connectivity index (χ1n) is 6.42. The Bertz CT molecular complexity index is 863. The van der Waals surface area contributed by atoms with Crippen molar-refractivity contribution in [2.24, 2.45) is 0 Å². The molecule has 0 spiro atoms. The standard InChI is InChI=1S/C15H11Cl2N3OS/c1-8-2-4-10-13(6-8)22-20-14(10)19-15(21)18-9-3-5-11(16)12(17)7-9/h2-7H,1H3,(H2,18,19,20,21). The number of aryl methyl sites for hydroxylation is 1. The molecule has 3 rings (SSSR count). The summed E-state index contributed by atoms with van der Waals surface area (Å²) in [4.78, 5) is 12.1. The lowest BCUT2D eigenvalue weighted by atomic mass is 10.2. The summed E-state index contributed by atoms with van der Waals surface area (Å²) in [5.74, 6) is 0.539. The van der Waals surface area contributed by atoms with E-state index in [4.69, 9.17) is 23.2 Å². The zero-order valence-corrected chi connectivity index (χ0v) is 13.8. The number of carbonyl (C=O) groups is 1. The molecular formula is C15H11Cl2N3OS. The van der Waals surface area contributed by atoms with Gasteiger partial charge in [0.25, 0.3) is 0 Å². The van der Waals surface area contributed by atoms with Crippen LogP contribution in [0.2, 0.25) is 10.0 Å². The lowest BCUT2D eigenvalue weighted by Gasteiger charge is -2.07. The summed E-state index contributed by atoms with van der Waals surface area (Å²) in [7, 11) is 0. The van der Waals surface area contributed by atoms with E-state index in [1.807, 2.05) is 25.1 Å². The molecule has 0 saturated heterocycles. The number of hydrogen-bond acceptors (Lipinski definition) is 3. The quantitative estimate of drug-likeness (QED) is 0.635. The molecule has 7 heteroatoms. The molecule has 0 aliphatic heterocycles. The van der Waals surface area contributed by atoms with Gasteiger partial charge in [0.15, 0.2) is 5.82 Å². The number of carbonyl (C=O) groups excluding carboxylic acids is 1.